The molecular weight excluding hydrogens is 260 g/mol. The van der Waals surface area contributed by atoms with E-state index >= 15 is 0 Å². The van der Waals surface area contributed by atoms with Gasteiger partial charge in [-0.15, -0.1) is 0 Å². The minimum Gasteiger partial charge on any atom is -0.375 e. The van der Waals surface area contributed by atoms with E-state index in [9.17, 15) is 4.79 Å². The number of thioether (sulfide) groups is 1. The molecule has 0 spiro atoms. The topological polar surface area (TPSA) is 50.4 Å². The lowest BCUT2D eigenvalue weighted by Crippen LogP contribution is -2.53. The Bertz CT molecular complexity index is 422. The van der Waals surface area contributed by atoms with Crippen LogP contribution >= 0.6 is 11.8 Å². The summed E-state index contributed by atoms with van der Waals surface area (Å²) < 4.78 is 5.47. The molecule has 2 rings (SSSR count). The lowest BCUT2D eigenvalue weighted by Gasteiger charge is -2.29. The van der Waals surface area contributed by atoms with Gasteiger partial charge >= 0.3 is 0 Å². The minimum atomic E-state index is -0.278. The van der Waals surface area contributed by atoms with E-state index in [1.807, 2.05) is 31.2 Å². The van der Waals surface area contributed by atoms with Gasteiger partial charge in [-0.05, 0) is 30.9 Å². The number of anilines is 1. The molecule has 0 bridgehead atoms. The second-order valence-corrected chi connectivity index (χ2v) is 5.49. The summed E-state index contributed by atoms with van der Waals surface area (Å²) in [6.07, 6.45) is 1.98. The van der Waals surface area contributed by atoms with E-state index in [0.29, 0.717) is 6.61 Å². The molecule has 104 valence electrons. The van der Waals surface area contributed by atoms with Crippen LogP contribution in [0, 0.1) is 0 Å². The van der Waals surface area contributed by atoms with Gasteiger partial charge in [0.25, 0.3) is 0 Å². The lowest BCUT2D eigenvalue weighted by molar-refractivity contribution is -0.123. The van der Waals surface area contributed by atoms with Crippen LogP contribution in [-0.2, 0) is 15.3 Å². The SMILES string of the molecule is CSCc1ccc(NC(=O)[C@H]2NCCO[C@@H]2C)cc1. The summed E-state index contributed by atoms with van der Waals surface area (Å²) in [5.41, 5.74) is 2.09. The van der Waals surface area contributed by atoms with Crippen LogP contribution in [0.2, 0.25) is 0 Å². The number of benzene rings is 1. The molecule has 19 heavy (non-hydrogen) atoms. The van der Waals surface area contributed by atoms with Crippen molar-refractivity contribution in [3.05, 3.63) is 29.8 Å². The maximum atomic E-state index is 12.1. The van der Waals surface area contributed by atoms with Crippen molar-refractivity contribution in [2.45, 2.75) is 24.8 Å². The van der Waals surface area contributed by atoms with Gasteiger partial charge in [-0.2, -0.15) is 11.8 Å². The molecule has 0 unspecified atom stereocenters. The van der Waals surface area contributed by atoms with E-state index in [1.54, 1.807) is 11.8 Å². The molecule has 4 nitrogen and oxygen atoms in total. The van der Waals surface area contributed by atoms with Crippen LogP contribution in [0.4, 0.5) is 5.69 Å². The van der Waals surface area contributed by atoms with Gasteiger partial charge in [-0.25, -0.2) is 0 Å². The smallest absolute Gasteiger partial charge is 0.244 e. The largest absolute Gasteiger partial charge is 0.375 e. The van der Waals surface area contributed by atoms with Crippen LogP contribution in [0.15, 0.2) is 24.3 Å². The van der Waals surface area contributed by atoms with E-state index in [0.717, 1.165) is 18.0 Å². The van der Waals surface area contributed by atoms with Gasteiger partial charge in [0.05, 0.1) is 12.7 Å². The van der Waals surface area contributed by atoms with Gasteiger partial charge in [-0.3, -0.25) is 4.79 Å². The number of amides is 1. The van der Waals surface area contributed by atoms with Crippen molar-refractivity contribution in [2.24, 2.45) is 0 Å². The first-order valence-corrected chi connectivity index (χ1v) is 7.84. The maximum Gasteiger partial charge on any atom is 0.244 e. The number of hydrogen-bond acceptors (Lipinski definition) is 4. The van der Waals surface area contributed by atoms with Crippen LogP contribution in [-0.4, -0.2) is 37.5 Å². The molecule has 0 saturated carbocycles. The highest BCUT2D eigenvalue weighted by Crippen LogP contribution is 2.14. The molecule has 1 aliphatic rings. The van der Waals surface area contributed by atoms with Gasteiger partial charge in [0.1, 0.15) is 6.04 Å². The number of ether oxygens (including phenoxy) is 1. The number of hydrogen-bond donors (Lipinski definition) is 2. The second kappa shape index (κ2) is 6.93. The van der Waals surface area contributed by atoms with Crippen molar-refractivity contribution in [3.63, 3.8) is 0 Å². The summed E-state index contributed by atoms with van der Waals surface area (Å²) >= 11 is 1.78. The Morgan fingerprint density at radius 2 is 2.21 bits per heavy atom. The summed E-state index contributed by atoms with van der Waals surface area (Å²) in [5, 5.41) is 6.10. The molecule has 0 radical (unpaired) electrons. The van der Waals surface area contributed by atoms with E-state index in [4.69, 9.17) is 4.74 Å². The molecule has 0 aromatic heterocycles. The fourth-order valence-corrected chi connectivity index (χ4v) is 2.62. The van der Waals surface area contributed by atoms with Crippen molar-refractivity contribution >= 4 is 23.4 Å². The summed E-state index contributed by atoms with van der Waals surface area (Å²) in [6, 6.07) is 7.69. The molecular formula is C14H20N2O2S. The molecule has 2 N–H and O–H groups in total. The minimum absolute atomic E-state index is 0.0372. The fraction of sp³-hybridized carbons (Fsp3) is 0.500. The fourth-order valence-electron chi connectivity index (χ4n) is 2.10. The van der Waals surface area contributed by atoms with Crippen LogP contribution in [0.1, 0.15) is 12.5 Å². The quantitative estimate of drug-likeness (QED) is 0.884. The standard InChI is InChI=1S/C14H20N2O2S/c1-10-13(15-7-8-18-10)14(17)16-12-5-3-11(4-6-12)9-19-2/h3-6,10,13,15H,7-9H2,1-2H3,(H,16,17)/t10-,13+/m1/s1. The zero-order valence-corrected chi connectivity index (χ0v) is 12.1. The van der Waals surface area contributed by atoms with E-state index in [2.05, 4.69) is 16.9 Å². The molecule has 2 atom stereocenters. The predicted molar refractivity (Wildman–Crippen MR) is 79.5 cm³/mol. The Labute approximate surface area is 118 Å². The van der Waals surface area contributed by atoms with E-state index in [-0.39, 0.29) is 18.1 Å². The van der Waals surface area contributed by atoms with Gasteiger partial charge in [-0.1, -0.05) is 12.1 Å². The number of rotatable bonds is 4. The van der Waals surface area contributed by atoms with Crippen LogP contribution < -0.4 is 10.6 Å². The molecule has 1 fully saturated rings. The first kappa shape index (κ1) is 14.4. The van der Waals surface area contributed by atoms with Crippen LogP contribution in [0.3, 0.4) is 0 Å². The Hall–Kier alpha value is -1.04. The number of carbonyl (C=O) groups is 1. The normalized spacial score (nSPS) is 23.1. The monoisotopic (exact) mass is 280 g/mol. The number of nitrogens with one attached hydrogen (secondary N) is 2. The third-order valence-electron chi connectivity index (χ3n) is 3.13. The van der Waals surface area contributed by atoms with Gasteiger partial charge in [0.15, 0.2) is 0 Å². The Balaban J connectivity index is 1.94. The van der Waals surface area contributed by atoms with Crippen molar-refractivity contribution in [1.29, 1.82) is 0 Å². The summed E-state index contributed by atoms with van der Waals surface area (Å²) in [4.78, 5) is 12.1. The Kier molecular flexibility index (Phi) is 5.24. The van der Waals surface area contributed by atoms with Crippen LogP contribution in [0.5, 0.6) is 0 Å². The highest BCUT2D eigenvalue weighted by molar-refractivity contribution is 7.97. The molecule has 1 aromatic rings. The zero-order valence-electron chi connectivity index (χ0n) is 11.3. The summed E-state index contributed by atoms with van der Waals surface area (Å²) in [7, 11) is 0. The van der Waals surface area contributed by atoms with Gasteiger partial charge in [0.2, 0.25) is 5.91 Å². The molecule has 1 aliphatic heterocycles. The second-order valence-electron chi connectivity index (χ2n) is 4.63. The summed E-state index contributed by atoms with van der Waals surface area (Å²) in [6.45, 7) is 3.29. The molecule has 5 heteroatoms. The lowest BCUT2D eigenvalue weighted by atomic mass is 10.1. The molecule has 1 heterocycles. The third-order valence-corrected chi connectivity index (χ3v) is 3.75. The number of carbonyl (C=O) groups excluding carboxylic acids is 1. The highest BCUT2D eigenvalue weighted by Gasteiger charge is 2.28. The van der Waals surface area contributed by atoms with Crippen LogP contribution in [0.25, 0.3) is 0 Å². The van der Waals surface area contributed by atoms with Crippen molar-refractivity contribution < 1.29 is 9.53 Å². The molecule has 0 aliphatic carbocycles. The van der Waals surface area contributed by atoms with Crippen molar-refractivity contribution in [1.82, 2.24) is 5.32 Å². The molecule has 1 aromatic carbocycles. The molecule has 1 amide bonds. The summed E-state index contributed by atoms with van der Waals surface area (Å²) in [5.74, 6) is 0.952. The van der Waals surface area contributed by atoms with Gasteiger partial charge in [0, 0.05) is 18.0 Å². The van der Waals surface area contributed by atoms with Gasteiger partial charge < -0.3 is 15.4 Å². The Morgan fingerprint density at radius 1 is 1.47 bits per heavy atom. The first-order chi connectivity index (χ1) is 9.20. The average molecular weight is 280 g/mol. The van der Waals surface area contributed by atoms with Crippen molar-refractivity contribution in [3.8, 4) is 0 Å². The number of morpholine rings is 1. The van der Waals surface area contributed by atoms with Crippen molar-refractivity contribution in [2.75, 3.05) is 24.7 Å². The first-order valence-electron chi connectivity index (χ1n) is 6.44. The third kappa shape index (κ3) is 3.96. The zero-order chi connectivity index (χ0) is 13.7. The maximum absolute atomic E-state index is 12.1. The molecule has 1 saturated heterocycles. The predicted octanol–water partition coefficient (Wildman–Crippen LogP) is 1.86. The Morgan fingerprint density at radius 3 is 2.84 bits per heavy atom. The average Bonchev–Trinajstić information content (AvgIpc) is 2.42. The van der Waals surface area contributed by atoms with E-state index < -0.39 is 0 Å². The van der Waals surface area contributed by atoms with E-state index in [1.165, 1.54) is 5.56 Å². The highest BCUT2D eigenvalue weighted by atomic mass is 32.2.